The van der Waals surface area contributed by atoms with E-state index in [0.29, 0.717) is 28.9 Å². The van der Waals surface area contributed by atoms with Crippen molar-refractivity contribution in [3.63, 3.8) is 0 Å². The predicted molar refractivity (Wildman–Crippen MR) is 73.5 cm³/mol. The molecule has 6 heteroatoms. The summed E-state index contributed by atoms with van der Waals surface area (Å²) in [5.74, 6) is 0.294. The molecule has 0 atom stereocenters. The van der Waals surface area contributed by atoms with Gasteiger partial charge in [-0.2, -0.15) is 0 Å². The SMILES string of the molecule is CNCc1nc(Oc2ccc(F)c(Cl)c2)ccc1Cl. The summed E-state index contributed by atoms with van der Waals surface area (Å²) in [4.78, 5) is 4.26. The number of halogens is 3. The van der Waals surface area contributed by atoms with Gasteiger partial charge in [0.25, 0.3) is 0 Å². The zero-order valence-corrected chi connectivity index (χ0v) is 11.6. The molecule has 0 radical (unpaired) electrons. The molecule has 0 bridgehead atoms. The van der Waals surface area contributed by atoms with Crippen molar-refractivity contribution in [1.82, 2.24) is 10.3 Å². The average molecular weight is 301 g/mol. The van der Waals surface area contributed by atoms with Crippen molar-refractivity contribution < 1.29 is 9.13 Å². The summed E-state index contributed by atoms with van der Waals surface area (Å²) in [6, 6.07) is 7.45. The third-order valence-corrected chi connectivity index (χ3v) is 2.98. The second-order valence-corrected chi connectivity index (χ2v) is 4.60. The van der Waals surface area contributed by atoms with Gasteiger partial charge in [-0.1, -0.05) is 23.2 Å². The third kappa shape index (κ3) is 3.56. The number of aromatic nitrogens is 1. The van der Waals surface area contributed by atoms with Crippen molar-refractivity contribution in [1.29, 1.82) is 0 Å². The number of hydrogen-bond donors (Lipinski definition) is 1. The molecule has 0 aliphatic rings. The average Bonchev–Trinajstić information content (AvgIpc) is 2.38. The molecule has 3 nitrogen and oxygen atoms in total. The van der Waals surface area contributed by atoms with Gasteiger partial charge in [-0.05, 0) is 25.2 Å². The van der Waals surface area contributed by atoms with E-state index in [2.05, 4.69) is 10.3 Å². The Balaban J connectivity index is 2.22. The summed E-state index contributed by atoms with van der Waals surface area (Å²) in [6.45, 7) is 0.528. The van der Waals surface area contributed by atoms with E-state index >= 15 is 0 Å². The number of rotatable bonds is 4. The van der Waals surface area contributed by atoms with Crippen LogP contribution in [-0.4, -0.2) is 12.0 Å². The summed E-state index contributed by atoms with van der Waals surface area (Å²) >= 11 is 11.7. The first-order valence-electron chi connectivity index (χ1n) is 5.53. The van der Waals surface area contributed by atoms with Crippen LogP contribution in [0.25, 0.3) is 0 Å². The number of pyridine rings is 1. The first-order chi connectivity index (χ1) is 9.10. The Labute approximate surface area is 120 Å². The molecule has 0 aliphatic carbocycles. The lowest BCUT2D eigenvalue weighted by Gasteiger charge is -2.08. The minimum atomic E-state index is -0.492. The number of benzene rings is 1. The Kier molecular flexibility index (Phi) is 4.58. The van der Waals surface area contributed by atoms with Crippen molar-refractivity contribution in [3.05, 3.63) is 51.9 Å². The highest BCUT2D eigenvalue weighted by Gasteiger charge is 2.07. The Bertz CT molecular complexity index is 593. The summed E-state index contributed by atoms with van der Waals surface area (Å²) in [6.07, 6.45) is 0. The molecule has 2 rings (SSSR count). The summed E-state index contributed by atoms with van der Waals surface area (Å²) in [7, 11) is 1.80. The molecule has 0 saturated carbocycles. The van der Waals surface area contributed by atoms with E-state index in [1.54, 1.807) is 19.2 Å². The Morgan fingerprint density at radius 2 is 2.00 bits per heavy atom. The minimum absolute atomic E-state index is 0.00177. The fourth-order valence-corrected chi connectivity index (χ4v) is 1.82. The Morgan fingerprint density at radius 1 is 1.21 bits per heavy atom. The van der Waals surface area contributed by atoms with Gasteiger partial charge >= 0.3 is 0 Å². The van der Waals surface area contributed by atoms with Gasteiger partial charge in [0.1, 0.15) is 11.6 Å². The molecule has 19 heavy (non-hydrogen) atoms. The fraction of sp³-hybridized carbons (Fsp3) is 0.154. The van der Waals surface area contributed by atoms with Crippen LogP contribution < -0.4 is 10.1 Å². The van der Waals surface area contributed by atoms with Crippen LogP contribution >= 0.6 is 23.2 Å². The highest BCUT2D eigenvalue weighted by atomic mass is 35.5. The van der Waals surface area contributed by atoms with Gasteiger partial charge in [-0.3, -0.25) is 0 Å². The standard InChI is InChI=1S/C13H11Cl2FN2O/c1-17-7-12-9(14)3-5-13(18-12)19-8-2-4-11(16)10(15)6-8/h2-6,17H,7H2,1H3. The Hall–Kier alpha value is -1.36. The minimum Gasteiger partial charge on any atom is -0.439 e. The van der Waals surface area contributed by atoms with E-state index < -0.39 is 5.82 Å². The molecule has 0 aliphatic heterocycles. The molecule has 0 saturated heterocycles. The summed E-state index contributed by atoms with van der Waals surface area (Å²) in [5.41, 5.74) is 0.676. The second kappa shape index (κ2) is 6.19. The molecule has 1 heterocycles. The lowest BCUT2D eigenvalue weighted by atomic mass is 10.3. The van der Waals surface area contributed by atoms with Crippen molar-refractivity contribution >= 4 is 23.2 Å². The topological polar surface area (TPSA) is 34.2 Å². The normalized spacial score (nSPS) is 10.5. The van der Waals surface area contributed by atoms with E-state index in [1.165, 1.54) is 18.2 Å². The van der Waals surface area contributed by atoms with Crippen LogP contribution in [0.5, 0.6) is 11.6 Å². The number of nitrogens with one attached hydrogen (secondary N) is 1. The van der Waals surface area contributed by atoms with Gasteiger partial charge < -0.3 is 10.1 Å². The quantitative estimate of drug-likeness (QED) is 0.925. The van der Waals surface area contributed by atoms with Gasteiger partial charge in [0.15, 0.2) is 0 Å². The zero-order chi connectivity index (χ0) is 13.8. The van der Waals surface area contributed by atoms with Gasteiger partial charge in [-0.15, -0.1) is 0 Å². The van der Waals surface area contributed by atoms with Crippen molar-refractivity contribution in [2.45, 2.75) is 6.54 Å². The molecule has 100 valence electrons. The zero-order valence-electron chi connectivity index (χ0n) is 10.1. The highest BCUT2D eigenvalue weighted by molar-refractivity contribution is 6.31. The molecule has 0 spiro atoms. The fourth-order valence-electron chi connectivity index (χ4n) is 1.47. The van der Waals surface area contributed by atoms with Crippen molar-refractivity contribution in [3.8, 4) is 11.6 Å². The Morgan fingerprint density at radius 3 is 2.68 bits per heavy atom. The van der Waals surface area contributed by atoms with Crippen LogP contribution in [0.1, 0.15) is 5.69 Å². The van der Waals surface area contributed by atoms with E-state index in [4.69, 9.17) is 27.9 Å². The molecule has 1 aromatic heterocycles. The third-order valence-electron chi connectivity index (χ3n) is 2.35. The molecular formula is C13H11Cl2FN2O. The largest absolute Gasteiger partial charge is 0.439 e. The highest BCUT2D eigenvalue weighted by Crippen LogP contribution is 2.26. The monoisotopic (exact) mass is 300 g/mol. The maximum Gasteiger partial charge on any atom is 0.219 e. The second-order valence-electron chi connectivity index (χ2n) is 3.79. The summed E-state index contributed by atoms with van der Waals surface area (Å²) < 4.78 is 18.5. The van der Waals surface area contributed by atoms with Gasteiger partial charge in [0, 0.05) is 18.7 Å². The molecule has 0 amide bonds. The van der Waals surface area contributed by atoms with Crippen LogP contribution in [0.2, 0.25) is 10.0 Å². The lowest BCUT2D eigenvalue weighted by Crippen LogP contribution is -2.07. The molecule has 0 unspecified atom stereocenters. The van der Waals surface area contributed by atoms with E-state index in [1.807, 2.05) is 0 Å². The van der Waals surface area contributed by atoms with Gasteiger partial charge in [0.05, 0.1) is 15.7 Å². The van der Waals surface area contributed by atoms with Crippen LogP contribution in [0.4, 0.5) is 4.39 Å². The predicted octanol–water partition coefficient (Wildman–Crippen LogP) is 4.04. The molecule has 1 N–H and O–H groups in total. The van der Waals surface area contributed by atoms with Crippen LogP contribution in [0, 0.1) is 5.82 Å². The maximum absolute atomic E-state index is 13.0. The van der Waals surface area contributed by atoms with Crippen molar-refractivity contribution in [2.24, 2.45) is 0 Å². The molecule has 1 aromatic carbocycles. The molecular weight excluding hydrogens is 290 g/mol. The first-order valence-corrected chi connectivity index (χ1v) is 6.28. The van der Waals surface area contributed by atoms with E-state index in [0.717, 1.165) is 0 Å². The van der Waals surface area contributed by atoms with E-state index in [-0.39, 0.29) is 5.02 Å². The number of ether oxygens (including phenoxy) is 1. The smallest absolute Gasteiger partial charge is 0.219 e. The molecule has 2 aromatic rings. The molecule has 0 fully saturated rings. The number of nitrogens with zero attached hydrogens (tertiary/aromatic N) is 1. The first kappa shape index (κ1) is 14.1. The maximum atomic E-state index is 13.0. The van der Waals surface area contributed by atoms with Gasteiger partial charge in [0.2, 0.25) is 5.88 Å². The van der Waals surface area contributed by atoms with Gasteiger partial charge in [-0.25, -0.2) is 9.37 Å². The van der Waals surface area contributed by atoms with Crippen LogP contribution in [0.3, 0.4) is 0 Å². The summed E-state index contributed by atoms with van der Waals surface area (Å²) in [5, 5.41) is 3.52. The van der Waals surface area contributed by atoms with E-state index in [9.17, 15) is 4.39 Å². The van der Waals surface area contributed by atoms with Crippen LogP contribution in [0.15, 0.2) is 30.3 Å². The number of hydrogen-bond acceptors (Lipinski definition) is 3. The van der Waals surface area contributed by atoms with Crippen LogP contribution in [-0.2, 0) is 6.54 Å². The van der Waals surface area contributed by atoms with Crippen molar-refractivity contribution in [2.75, 3.05) is 7.05 Å². The lowest BCUT2D eigenvalue weighted by molar-refractivity contribution is 0.458.